The third kappa shape index (κ3) is 3.32. The van der Waals surface area contributed by atoms with Crippen molar-refractivity contribution in [3.05, 3.63) is 34.9 Å². The van der Waals surface area contributed by atoms with E-state index in [9.17, 15) is 4.79 Å². The number of rotatable bonds is 5. The van der Waals surface area contributed by atoms with Gasteiger partial charge in [0.05, 0.1) is 12.5 Å². The van der Waals surface area contributed by atoms with Gasteiger partial charge in [-0.3, -0.25) is 4.79 Å². The Hall–Kier alpha value is -1.31. The van der Waals surface area contributed by atoms with Crippen LogP contribution in [0.5, 0.6) is 0 Å². The summed E-state index contributed by atoms with van der Waals surface area (Å²) in [5.41, 5.74) is 3.55. The minimum atomic E-state index is -0.111. The van der Waals surface area contributed by atoms with Gasteiger partial charge in [0, 0.05) is 0 Å². The first-order valence-corrected chi connectivity index (χ1v) is 6.34. The molecule has 0 fully saturated rings. The SMILES string of the molecule is CCCC(C(=O)OCC)c1cccc(C)c1C. The largest absolute Gasteiger partial charge is 0.466 e. The number of hydrogen-bond donors (Lipinski definition) is 0. The average molecular weight is 234 g/mol. The molecule has 0 aromatic heterocycles. The molecule has 0 aliphatic rings. The highest BCUT2D eigenvalue weighted by atomic mass is 16.5. The Kier molecular flexibility index (Phi) is 5.20. The second kappa shape index (κ2) is 6.43. The second-order valence-corrected chi connectivity index (χ2v) is 4.38. The number of hydrogen-bond acceptors (Lipinski definition) is 2. The van der Waals surface area contributed by atoms with E-state index in [-0.39, 0.29) is 11.9 Å². The normalized spacial score (nSPS) is 12.2. The van der Waals surface area contributed by atoms with Gasteiger partial charge in [-0.05, 0) is 43.9 Å². The highest BCUT2D eigenvalue weighted by molar-refractivity contribution is 5.78. The number of benzene rings is 1. The van der Waals surface area contributed by atoms with E-state index in [0.717, 1.165) is 18.4 Å². The van der Waals surface area contributed by atoms with Crippen LogP contribution < -0.4 is 0 Å². The van der Waals surface area contributed by atoms with E-state index in [1.807, 2.05) is 19.1 Å². The van der Waals surface area contributed by atoms with Crippen molar-refractivity contribution in [2.45, 2.75) is 46.5 Å². The summed E-state index contributed by atoms with van der Waals surface area (Å²) in [5.74, 6) is -0.206. The van der Waals surface area contributed by atoms with Crippen LogP contribution in [0.2, 0.25) is 0 Å². The molecule has 2 nitrogen and oxygen atoms in total. The third-order valence-corrected chi connectivity index (χ3v) is 3.17. The van der Waals surface area contributed by atoms with E-state index in [1.54, 1.807) is 0 Å². The van der Waals surface area contributed by atoms with E-state index in [4.69, 9.17) is 4.74 Å². The van der Waals surface area contributed by atoms with Crippen molar-refractivity contribution < 1.29 is 9.53 Å². The van der Waals surface area contributed by atoms with Crippen molar-refractivity contribution in [1.29, 1.82) is 0 Å². The van der Waals surface area contributed by atoms with Crippen LogP contribution in [0.4, 0.5) is 0 Å². The molecule has 0 radical (unpaired) electrons. The lowest BCUT2D eigenvalue weighted by molar-refractivity contribution is -0.145. The zero-order chi connectivity index (χ0) is 12.8. The van der Waals surface area contributed by atoms with Gasteiger partial charge in [0.15, 0.2) is 0 Å². The lowest BCUT2D eigenvalue weighted by atomic mass is 9.89. The minimum absolute atomic E-state index is 0.0944. The van der Waals surface area contributed by atoms with Crippen molar-refractivity contribution in [3.63, 3.8) is 0 Å². The van der Waals surface area contributed by atoms with Crippen LogP contribution in [0.1, 0.15) is 49.3 Å². The fourth-order valence-corrected chi connectivity index (χ4v) is 2.08. The molecular weight excluding hydrogens is 212 g/mol. The Morgan fingerprint density at radius 3 is 2.59 bits per heavy atom. The van der Waals surface area contributed by atoms with Crippen LogP contribution in [-0.2, 0) is 9.53 Å². The second-order valence-electron chi connectivity index (χ2n) is 4.38. The van der Waals surface area contributed by atoms with Gasteiger partial charge in [0.2, 0.25) is 0 Å². The summed E-state index contributed by atoms with van der Waals surface area (Å²) in [6, 6.07) is 6.13. The molecule has 0 heterocycles. The van der Waals surface area contributed by atoms with Crippen molar-refractivity contribution >= 4 is 5.97 Å². The Morgan fingerprint density at radius 2 is 2.00 bits per heavy atom. The summed E-state index contributed by atoms with van der Waals surface area (Å²) in [6.07, 6.45) is 1.83. The van der Waals surface area contributed by atoms with Crippen molar-refractivity contribution in [2.24, 2.45) is 0 Å². The molecule has 2 heteroatoms. The number of carbonyl (C=O) groups is 1. The molecule has 0 spiro atoms. The van der Waals surface area contributed by atoms with Crippen molar-refractivity contribution in [2.75, 3.05) is 6.61 Å². The van der Waals surface area contributed by atoms with E-state index in [0.29, 0.717) is 6.61 Å². The monoisotopic (exact) mass is 234 g/mol. The van der Waals surface area contributed by atoms with Crippen LogP contribution in [0.25, 0.3) is 0 Å². The maximum absolute atomic E-state index is 12.0. The van der Waals surface area contributed by atoms with Gasteiger partial charge in [-0.25, -0.2) is 0 Å². The standard InChI is InChI=1S/C15H22O2/c1-5-8-14(15(16)17-6-2)13-10-7-9-11(3)12(13)4/h7,9-10,14H,5-6,8H2,1-4H3. The summed E-state index contributed by atoms with van der Waals surface area (Å²) in [5, 5.41) is 0. The molecular formula is C15H22O2. The maximum atomic E-state index is 12.0. The zero-order valence-electron chi connectivity index (χ0n) is 11.2. The average Bonchev–Trinajstić information content (AvgIpc) is 2.30. The lowest BCUT2D eigenvalue weighted by Gasteiger charge is -2.18. The van der Waals surface area contributed by atoms with Gasteiger partial charge >= 0.3 is 5.97 Å². The zero-order valence-corrected chi connectivity index (χ0v) is 11.2. The molecule has 1 aromatic rings. The molecule has 0 N–H and O–H groups in total. The number of carbonyl (C=O) groups excluding carboxylic acids is 1. The molecule has 1 rings (SSSR count). The first kappa shape index (κ1) is 13.8. The Morgan fingerprint density at radius 1 is 1.29 bits per heavy atom. The van der Waals surface area contributed by atoms with Crippen LogP contribution in [0.3, 0.4) is 0 Å². The van der Waals surface area contributed by atoms with E-state index in [1.165, 1.54) is 11.1 Å². The highest BCUT2D eigenvalue weighted by Crippen LogP contribution is 2.27. The minimum Gasteiger partial charge on any atom is -0.466 e. The van der Waals surface area contributed by atoms with Crippen LogP contribution in [0, 0.1) is 13.8 Å². The highest BCUT2D eigenvalue weighted by Gasteiger charge is 2.22. The van der Waals surface area contributed by atoms with Gasteiger partial charge in [0.1, 0.15) is 0 Å². The van der Waals surface area contributed by atoms with Crippen molar-refractivity contribution in [1.82, 2.24) is 0 Å². The molecule has 0 saturated heterocycles. The molecule has 0 saturated carbocycles. The Labute approximate surface area is 104 Å². The molecule has 1 atom stereocenters. The van der Waals surface area contributed by atoms with Gasteiger partial charge in [0.25, 0.3) is 0 Å². The van der Waals surface area contributed by atoms with Gasteiger partial charge in [-0.15, -0.1) is 0 Å². The number of aryl methyl sites for hydroxylation is 1. The Balaban J connectivity index is 3.05. The maximum Gasteiger partial charge on any atom is 0.313 e. The molecule has 17 heavy (non-hydrogen) atoms. The predicted octanol–water partition coefficient (Wildman–Crippen LogP) is 3.75. The summed E-state index contributed by atoms with van der Waals surface area (Å²) in [6.45, 7) is 8.55. The van der Waals surface area contributed by atoms with Crippen LogP contribution in [-0.4, -0.2) is 12.6 Å². The molecule has 0 aliphatic carbocycles. The number of ether oxygens (including phenoxy) is 1. The van der Waals surface area contributed by atoms with E-state index >= 15 is 0 Å². The quantitative estimate of drug-likeness (QED) is 0.725. The molecule has 94 valence electrons. The lowest BCUT2D eigenvalue weighted by Crippen LogP contribution is -2.17. The number of esters is 1. The molecule has 0 amide bonds. The first-order valence-electron chi connectivity index (χ1n) is 6.34. The summed E-state index contributed by atoms with van der Waals surface area (Å²) >= 11 is 0. The predicted molar refractivity (Wildman–Crippen MR) is 70.2 cm³/mol. The molecule has 0 aliphatic heterocycles. The smallest absolute Gasteiger partial charge is 0.313 e. The van der Waals surface area contributed by atoms with Crippen LogP contribution >= 0.6 is 0 Å². The summed E-state index contributed by atoms with van der Waals surface area (Å²) < 4.78 is 5.17. The van der Waals surface area contributed by atoms with Crippen molar-refractivity contribution in [3.8, 4) is 0 Å². The van der Waals surface area contributed by atoms with Gasteiger partial charge < -0.3 is 4.74 Å². The van der Waals surface area contributed by atoms with Crippen LogP contribution in [0.15, 0.2) is 18.2 Å². The molecule has 1 unspecified atom stereocenters. The van der Waals surface area contributed by atoms with Gasteiger partial charge in [-0.1, -0.05) is 31.5 Å². The Bertz CT molecular complexity index is 383. The fraction of sp³-hybridized carbons (Fsp3) is 0.533. The fourth-order valence-electron chi connectivity index (χ4n) is 2.08. The third-order valence-electron chi connectivity index (χ3n) is 3.17. The van der Waals surface area contributed by atoms with E-state index < -0.39 is 0 Å². The van der Waals surface area contributed by atoms with Gasteiger partial charge in [-0.2, -0.15) is 0 Å². The summed E-state index contributed by atoms with van der Waals surface area (Å²) in [4.78, 5) is 12.0. The summed E-state index contributed by atoms with van der Waals surface area (Å²) in [7, 11) is 0. The molecule has 1 aromatic carbocycles. The topological polar surface area (TPSA) is 26.3 Å². The molecule has 0 bridgehead atoms. The van der Waals surface area contributed by atoms with E-state index in [2.05, 4.69) is 26.8 Å². The first-order chi connectivity index (χ1) is 8.11.